The Hall–Kier alpha value is -3.25. The maximum atomic E-state index is 13.4. The summed E-state index contributed by atoms with van der Waals surface area (Å²) in [5.74, 6) is 0.704. The number of nitrogens with one attached hydrogen (secondary N) is 1. The standard InChI is InChI=1S/C28H34N8O/c29-10-9-28(35-15-20(14-33-35)25-24-8-11-30-26(24)32-18-31-25)16-34(17-28)23-12-21-6-7-22(13-23)36(21)27(37)19-4-2-1-3-5-19/h8,11,14-15,18-19,21-23H,1-7,9,12-13,16-17H2,(H,30,31,32). The smallest absolute Gasteiger partial charge is 0.226 e. The van der Waals surface area contributed by atoms with Crippen LogP contribution < -0.4 is 0 Å². The lowest BCUT2D eigenvalue weighted by Gasteiger charge is -2.55. The number of aromatic nitrogens is 5. The van der Waals surface area contributed by atoms with E-state index in [0.717, 1.165) is 73.9 Å². The van der Waals surface area contributed by atoms with Gasteiger partial charge in [0.25, 0.3) is 0 Å². The zero-order chi connectivity index (χ0) is 25.0. The van der Waals surface area contributed by atoms with Gasteiger partial charge in [-0.3, -0.25) is 14.4 Å². The van der Waals surface area contributed by atoms with Crippen molar-refractivity contribution < 1.29 is 4.79 Å². The zero-order valence-corrected chi connectivity index (χ0v) is 21.2. The second kappa shape index (κ2) is 8.95. The lowest BCUT2D eigenvalue weighted by atomic mass is 9.82. The van der Waals surface area contributed by atoms with Crippen molar-refractivity contribution in [3.8, 4) is 17.3 Å². The lowest BCUT2D eigenvalue weighted by molar-refractivity contribution is -0.143. The minimum absolute atomic E-state index is 0.261. The molecule has 9 nitrogen and oxygen atoms in total. The van der Waals surface area contributed by atoms with Crippen LogP contribution in [0.15, 0.2) is 31.0 Å². The van der Waals surface area contributed by atoms with Gasteiger partial charge >= 0.3 is 0 Å². The number of nitriles is 1. The first-order chi connectivity index (χ1) is 18.1. The first-order valence-corrected chi connectivity index (χ1v) is 13.9. The van der Waals surface area contributed by atoms with E-state index >= 15 is 0 Å². The van der Waals surface area contributed by atoms with E-state index in [2.05, 4.69) is 30.8 Å². The van der Waals surface area contributed by atoms with E-state index in [1.165, 1.54) is 19.3 Å². The van der Waals surface area contributed by atoms with E-state index in [0.29, 0.717) is 30.5 Å². The van der Waals surface area contributed by atoms with Crippen molar-refractivity contribution in [3.63, 3.8) is 0 Å². The van der Waals surface area contributed by atoms with E-state index in [1.807, 2.05) is 29.3 Å². The Balaban J connectivity index is 1.06. The number of amides is 1. The molecule has 4 fully saturated rings. The van der Waals surface area contributed by atoms with Gasteiger partial charge < -0.3 is 9.88 Å². The SMILES string of the molecule is N#CCC1(n2cc(-c3ncnc4[nH]ccc34)cn2)CN(C2CC3CCC(C2)N3C(=O)C2CCCCC2)C1. The number of aromatic amines is 1. The number of carbonyl (C=O) groups is 1. The van der Waals surface area contributed by atoms with Crippen molar-refractivity contribution in [3.05, 3.63) is 31.0 Å². The molecular weight excluding hydrogens is 464 g/mol. The van der Waals surface area contributed by atoms with E-state index in [9.17, 15) is 10.1 Å². The largest absolute Gasteiger partial charge is 0.346 e. The van der Waals surface area contributed by atoms with Gasteiger partial charge in [-0.15, -0.1) is 0 Å². The molecule has 3 aromatic rings. The van der Waals surface area contributed by atoms with Crippen LogP contribution in [0, 0.1) is 17.2 Å². The number of carbonyl (C=O) groups excluding carboxylic acids is 1. The summed E-state index contributed by atoms with van der Waals surface area (Å²) in [7, 11) is 0. The second-order valence-electron chi connectivity index (χ2n) is 11.7. The quantitative estimate of drug-likeness (QED) is 0.573. The summed E-state index contributed by atoms with van der Waals surface area (Å²) >= 11 is 0. The molecule has 37 heavy (non-hydrogen) atoms. The van der Waals surface area contributed by atoms with E-state index in [1.54, 1.807) is 6.33 Å². The number of hydrogen-bond donors (Lipinski definition) is 1. The first-order valence-electron chi connectivity index (χ1n) is 13.9. The zero-order valence-electron chi connectivity index (χ0n) is 21.2. The molecule has 0 spiro atoms. The molecular formula is C28H34N8O. The minimum atomic E-state index is -0.314. The van der Waals surface area contributed by atoms with Crippen LogP contribution in [-0.2, 0) is 10.3 Å². The number of fused-ring (bicyclic) bond motifs is 3. The maximum Gasteiger partial charge on any atom is 0.226 e. The third kappa shape index (κ3) is 3.76. The highest BCUT2D eigenvalue weighted by molar-refractivity contribution is 5.90. The highest BCUT2D eigenvalue weighted by Gasteiger charge is 2.52. The normalized spacial score (nSPS) is 27.8. The van der Waals surface area contributed by atoms with Gasteiger partial charge in [-0.2, -0.15) is 10.4 Å². The highest BCUT2D eigenvalue weighted by Crippen LogP contribution is 2.44. The Morgan fingerprint density at radius 1 is 1.08 bits per heavy atom. The molecule has 1 N–H and O–H groups in total. The maximum absolute atomic E-state index is 13.4. The molecule has 3 saturated heterocycles. The predicted octanol–water partition coefficient (Wildman–Crippen LogP) is 3.85. The molecule has 192 valence electrons. The van der Waals surface area contributed by atoms with Crippen LogP contribution in [0.5, 0.6) is 0 Å². The monoisotopic (exact) mass is 498 g/mol. The van der Waals surface area contributed by atoms with Gasteiger partial charge in [0.15, 0.2) is 0 Å². The number of piperidine rings is 1. The fourth-order valence-corrected chi connectivity index (χ4v) is 7.63. The van der Waals surface area contributed by atoms with Gasteiger partial charge in [0.1, 0.15) is 17.5 Å². The van der Waals surface area contributed by atoms with E-state index in [-0.39, 0.29) is 11.5 Å². The Morgan fingerprint density at radius 2 is 1.86 bits per heavy atom. The van der Waals surface area contributed by atoms with Crippen molar-refractivity contribution in [2.75, 3.05) is 13.1 Å². The molecule has 2 unspecified atom stereocenters. The average Bonchev–Trinajstić information content (AvgIpc) is 3.64. The summed E-state index contributed by atoms with van der Waals surface area (Å²) in [6.45, 7) is 1.65. The fourth-order valence-electron chi connectivity index (χ4n) is 7.63. The summed E-state index contributed by atoms with van der Waals surface area (Å²) in [6.07, 6.45) is 18.0. The molecule has 0 radical (unpaired) electrons. The van der Waals surface area contributed by atoms with Gasteiger partial charge in [0, 0.05) is 60.5 Å². The molecule has 3 aliphatic heterocycles. The summed E-state index contributed by atoms with van der Waals surface area (Å²) < 4.78 is 2.00. The molecule has 1 saturated carbocycles. The molecule has 9 heteroatoms. The highest BCUT2D eigenvalue weighted by atomic mass is 16.2. The molecule has 2 atom stereocenters. The molecule has 1 aliphatic carbocycles. The fraction of sp³-hybridized carbons (Fsp3) is 0.607. The minimum Gasteiger partial charge on any atom is -0.346 e. The Kier molecular flexibility index (Phi) is 5.54. The van der Waals surface area contributed by atoms with Gasteiger partial charge in [-0.05, 0) is 44.6 Å². The second-order valence-corrected chi connectivity index (χ2v) is 11.7. The number of hydrogen-bond acceptors (Lipinski definition) is 6. The number of H-pyrrole nitrogens is 1. The van der Waals surface area contributed by atoms with Crippen LogP contribution in [-0.4, -0.2) is 71.7 Å². The van der Waals surface area contributed by atoms with Crippen molar-refractivity contribution in [2.45, 2.75) is 87.9 Å². The Labute approximate surface area is 216 Å². The van der Waals surface area contributed by atoms with E-state index < -0.39 is 0 Å². The summed E-state index contributed by atoms with van der Waals surface area (Å²) in [4.78, 5) is 30.2. The number of nitrogens with zero attached hydrogens (tertiary/aromatic N) is 7. The van der Waals surface area contributed by atoms with Gasteiger partial charge in [0.2, 0.25) is 5.91 Å². The average molecular weight is 499 g/mol. The predicted molar refractivity (Wildman–Crippen MR) is 138 cm³/mol. The number of rotatable bonds is 5. The molecule has 2 bridgehead atoms. The summed E-state index contributed by atoms with van der Waals surface area (Å²) in [6, 6.07) is 5.67. The summed E-state index contributed by atoms with van der Waals surface area (Å²) in [5, 5.41) is 15.4. The third-order valence-corrected chi connectivity index (χ3v) is 9.53. The molecule has 3 aromatic heterocycles. The molecule has 6 heterocycles. The van der Waals surface area contributed by atoms with Crippen molar-refractivity contribution >= 4 is 16.9 Å². The van der Waals surface area contributed by atoms with Crippen molar-refractivity contribution in [1.82, 2.24) is 34.5 Å². The van der Waals surface area contributed by atoms with Crippen molar-refractivity contribution in [1.29, 1.82) is 5.26 Å². The van der Waals surface area contributed by atoms with E-state index in [4.69, 9.17) is 5.10 Å². The molecule has 0 aromatic carbocycles. The molecule has 1 amide bonds. The van der Waals surface area contributed by atoms with Gasteiger partial charge in [0.05, 0.1) is 24.4 Å². The van der Waals surface area contributed by atoms with Crippen LogP contribution in [0.1, 0.15) is 64.2 Å². The van der Waals surface area contributed by atoms with Gasteiger partial charge in [-0.1, -0.05) is 19.3 Å². The van der Waals surface area contributed by atoms with Crippen molar-refractivity contribution in [2.24, 2.45) is 5.92 Å². The third-order valence-electron chi connectivity index (χ3n) is 9.53. The van der Waals surface area contributed by atoms with Gasteiger partial charge in [-0.25, -0.2) is 9.97 Å². The molecule has 7 rings (SSSR count). The Morgan fingerprint density at radius 3 is 2.62 bits per heavy atom. The molecule has 4 aliphatic rings. The van der Waals surface area contributed by atoms with Crippen LogP contribution in [0.25, 0.3) is 22.3 Å². The first kappa shape index (κ1) is 22.9. The van der Waals surface area contributed by atoms with Crippen LogP contribution in [0.2, 0.25) is 0 Å². The van der Waals surface area contributed by atoms with Crippen LogP contribution >= 0.6 is 0 Å². The topological polar surface area (TPSA) is 107 Å². The lowest BCUT2D eigenvalue weighted by Crippen LogP contribution is -2.67. The van der Waals surface area contributed by atoms with Crippen LogP contribution in [0.3, 0.4) is 0 Å². The summed E-state index contributed by atoms with van der Waals surface area (Å²) in [5.41, 5.74) is 2.29. The van der Waals surface area contributed by atoms with Crippen LogP contribution in [0.4, 0.5) is 0 Å². The number of likely N-dealkylation sites (tertiary alicyclic amines) is 1. The Bertz CT molecular complexity index is 1330.